The molecule has 0 spiro atoms. The van der Waals surface area contributed by atoms with Crippen LogP contribution in [0.2, 0.25) is 5.02 Å². The first-order valence-electron chi connectivity index (χ1n) is 12.8. The van der Waals surface area contributed by atoms with Gasteiger partial charge >= 0.3 is 5.97 Å². The van der Waals surface area contributed by atoms with Gasteiger partial charge in [-0.05, 0) is 67.2 Å². The molecule has 0 saturated carbocycles. The van der Waals surface area contributed by atoms with Crippen LogP contribution in [0, 0.1) is 0 Å². The summed E-state index contributed by atoms with van der Waals surface area (Å²) in [6.07, 6.45) is 4.88. The minimum Gasteiger partial charge on any atom is -0.481 e. The number of carboxylic acid groups (broad SMARTS) is 1. The smallest absolute Gasteiger partial charge is 0.303 e. The second-order valence-electron chi connectivity index (χ2n) is 9.43. The lowest BCUT2D eigenvalue weighted by atomic mass is 9.99. The first kappa shape index (κ1) is 25.6. The van der Waals surface area contributed by atoms with E-state index in [0.717, 1.165) is 23.4 Å². The van der Waals surface area contributed by atoms with Gasteiger partial charge in [0.15, 0.2) is 0 Å². The van der Waals surface area contributed by atoms with Gasteiger partial charge in [0, 0.05) is 35.7 Å². The Hall–Kier alpha value is -4.03. The molecule has 1 aliphatic heterocycles. The van der Waals surface area contributed by atoms with E-state index < -0.39 is 5.97 Å². The second kappa shape index (κ2) is 11.6. The fraction of sp³-hybridized carbons (Fsp3) is 0.226. The molecule has 4 aromatic rings. The van der Waals surface area contributed by atoms with Gasteiger partial charge in [0.25, 0.3) is 5.91 Å². The molecule has 0 aliphatic carbocycles. The molecule has 0 fully saturated rings. The average Bonchev–Trinajstić information content (AvgIpc) is 2.95. The standard InChI is InChI=1S/C31H28ClN3O3/c32-25-13-10-23(11-14-25)30-27(8-4-5-9-29(36)37)33-28-20-24(12-15-26(28)34-30)31(38)35-18-16-22(17-19-35)21-6-2-1-3-7-21/h1-3,6-7,10-16,20H,4-5,8-9,17-19H2,(H,36,37). The molecule has 1 amide bonds. The predicted molar refractivity (Wildman–Crippen MR) is 150 cm³/mol. The highest BCUT2D eigenvalue weighted by atomic mass is 35.5. The summed E-state index contributed by atoms with van der Waals surface area (Å²) >= 11 is 6.09. The lowest BCUT2D eigenvalue weighted by Crippen LogP contribution is -2.34. The van der Waals surface area contributed by atoms with E-state index in [0.29, 0.717) is 54.0 Å². The van der Waals surface area contributed by atoms with Gasteiger partial charge in [-0.3, -0.25) is 9.59 Å². The Morgan fingerprint density at radius 3 is 2.39 bits per heavy atom. The Bertz CT molecular complexity index is 1500. The zero-order valence-electron chi connectivity index (χ0n) is 20.9. The molecule has 1 aromatic heterocycles. The maximum atomic E-state index is 13.3. The molecule has 1 N–H and O–H groups in total. The summed E-state index contributed by atoms with van der Waals surface area (Å²) in [5.41, 5.74) is 6.83. The van der Waals surface area contributed by atoms with Crippen molar-refractivity contribution < 1.29 is 14.7 Å². The summed E-state index contributed by atoms with van der Waals surface area (Å²) in [5, 5.41) is 9.63. The molecule has 0 saturated heterocycles. The Morgan fingerprint density at radius 2 is 1.68 bits per heavy atom. The number of carboxylic acids is 1. The molecule has 0 bridgehead atoms. The van der Waals surface area contributed by atoms with Crippen LogP contribution in [0.15, 0.2) is 78.9 Å². The van der Waals surface area contributed by atoms with Crippen LogP contribution in [0.25, 0.3) is 27.9 Å². The number of hydrogen-bond donors (Lipinski definition) is 1. The summed E-state index contributed by atoms with van der Waals surface area (Å²) in [6, 6.07) is 23.2. The van der Waals surface area contributed by atoms with E-state index in [1.54, 1.807) is 0 Å². The van der Waals surface area contributed by atoms with Crippen LogP contribution in [0.5, 0.6) is 0 Å². The van der Waals surface area contributed by atoms with Crippen molar-refractivity contribution >= 4 is 40.1 Å². The lowest BCUT2D eigenvalue weighted by molar-refractivity contribution is -0.137. The number of unbranched alkanes of at least 4 members (excludes halogenated alkanes) is 1. The molecule has 0 radical (unpaired) electrons. The Labute approximate surface area is 226 Å². The van der Waals surface area contributed by atoms with E-state index in [4.69, 9.17) is 26.7 Å². The monoisotopic (exact) mass is 525 g/mol. The van der Waals surface area contributed by atoms with Crippen molar-refractivity contribution in [3.8, 4) is 11.3 Å². The van der Waals surface area contributed by atoms with Crippen molar-refractivity contribution in [2.45, 2.75) is 32.1 Å². The van der Waals surface area contributed by atoms with Crippen LogP contribution in [0.3, 0.4) is 0 Å². The molecule has 6 nitrogen and oxygen atoms in total. The Balaban J connectivity index is 1.40. The maximum Gasteiger partial charge on any atom is 0.303 e. The van der Waals surface area contributed by atoms with Crippen LogP contribution >= 0.6 is 11.6 Å². The number of aryl methyl sites for hydroxylation is 1. The quantitative estimate of drug-likeness (QED) is 0.259. The highest BCUT2D eigenvalue weighted by molar-refractivity contribution is 6.30. The molecular weight excluding hydrogens is 498 g/mol. The highest BCUT2D eigenvalue weighted by Gasteiger charge is 2.20. The summed E-state index contributed by atoms with van der Waals surface area (Å²) < 4.78 is 0. The van der Waals surface area contributed by atoms with Gasteiger partial charge in [-0.25, -0.2) is 9.97 Å². The molecule has 192 valence electrons. The minimum atomic E-state index is -0.806. The third-order valence-electron chi connectivity index (χ3n) is 6.80. The fourth-order valence-electron chi connectivity index (χ4n) is 4.76. The predicted octanol–water partition coefficient (Wildman–Crippen LogP) is 6.68. The third kappa shape index (κ3) is 5.92. The molecule has 3 aromatic carbocycles. The normalized spacial score (nSPS) is 13.4. The van der Waals surface area contributed by atoms with Gasteiger partial charge in [0.05, 0.1) is 22.4 Å². The summed E-state index contributed by atoms with van der Waals surface area (Å²) in [5.74, 6) is -0.832. The van der Waals surface area contributed by atoms with Gasteiger partial charge < -0.3 is 10.0 Å². The van der Waals surface area contributed by atoms with E-state index in [1.165, 1.54) is 11.1 Å². The van der Waals surface area contributed by atoms with Gasteiger partial charge in [-0.15, -0.1) is 0 Å². The molecule has 2 heterocycles. The fourth-order valence-corrected chi connectivity index (χ4v) is 4.88. The number of aliphatic carboxylic acids is 1. The number of halogens is 1. The van der Waals surface area contributed by atoms with E-state index in [-0.39, 0.29) is 12.3 Å². The largest absolute Gasteiger partial charge is 0.481 e. The zero-order valence-corrected chi connectivity index (χ0v) is 21.7. The van der Waals surface area contributed by atoms with Gasteiger partial charge in [-0.2, -0.15) is 0 Å². The molecule has 0 atom stereocenters. The maximum absolute atomic E-state index is 13.3. The molecule has 5 rings (SSSR count). The molecule has 38 heavy (non-hydrogen) atoms. The lowest BCUT2D eigenvalue weighted by Gasteiger charge is -2.27. The topological polar surface area (TPSA) is 83.4 Å². The van der Waals surface area contributed by atoms with Gasteiger partial charge in [0.1, 0.15) is 0 Å². The third-order valence-corrected chi connectivity index (χ3v) is 7.05. The van der Waals surface area contributed by atoms with Gasteiger partial charge in [0.2, 0.25) is 0 Å². The van der Waals surface area contributed by atoms with Crippen molar-refractivity contribution in [2.75, 3.05) is 13.1 Å². The number of benzene rings is 3. The molecular formula is C31H28ClN3O3. The van der Waals surface area contributed by atoms with E-state index in [2.05, 4.69) is 18.2 Å². The molecule has 0 unspecified atom stereocenters. The van der Waals surface area contributed by atoms with Crippen molar-refractivity contribution in [3.05, 3.63) is 101 Å². The number of aromatic nitrogens is 2. The first-order chi connectivity index (χ1) is 18.5. The van der Waals surface area contributed by atoms with Crippen molar-refractivity contribution in [1.82, 2.24) is 14.9 Å². The second-order valence-corrected chi connectivity index (χ2v) is 9.86. The Kier molecular flexibility index (Phi) is 7.80. The number of carbonyl (C=O) groups is 2. The number of rotatable bonds is 8. The van der Waals surface area contributed by atoms with Crippen LogP contribution < -0.4 is 0 Å². The number of fused-ring (bicyclic) bond motifs is 1. The number of hydrogen-bond acceptors (Lipinski definition) is 4. The van der Waals surface area contributed by atoms with E-state index >= 15 is 0 Å². The van der Waals surface area contributed by atoms with E-state index in [9.17, 15) is 9.59 Å². The number of amides is 1. The van der Waals surface area contributed by atoms with Crippen LogP contribution in [-0.2, 0) is 11.2 Å². The van der Waals surface area contributed by atoms with Crippen molar-refractivity contribution in [2.24, 2.45) is 0 Å². The van der Waals surface area contributed by atoms with E-state index in [1.807, 2.05) is 65.6 Å². The zero-order chi connectivity index (χ0) is 26.5. The first-order valence-corrected chi connectivity index (χ1v) is 13.2. The summed E-state index contributed by atoms with van der Waals surface area (Å²) in [7, 11) is 0. The van der Waals surface area contributed by atoms with Crippen LogP contribution in [-0.4, -0.2) is 44.9 Å². The highest BCUT2D eigenvalue weighted by Crippen LogP contribution is 2.28. The van der Waals surface area contributed by atoms with Crippen molar-refractivity contribution in [1.29, 1.82) is 0 Å². The van der Waals surface area contributed by atoms with Crippen LogP contribution in [0.1, 0.15) is 47.3 Å². The molecule has 7 heteroatoms. The SMILES string of the molecule is O=C(O)CCCCc1nc2cc(C(=O)N3CC=C(c4ccccc4)CC3)ccc2nc1-c1ccc(Cl)cc1. The summed E-state index contributed by atoms with van der Waals surface area (Å²) in [4.78, 5) is 35.9. The number of carbonyl (C=O) groups excluding carboxylic acids is 1. The summed E-state index contributed by atoms with van der Waals surface area (Å²) in [6.45, 7) is 1.23. The van der Waals surface area contributed by atoms with Gasteiger partial charge in [-0.1, -0.05) is 60.1 Å². The molecule has 1 aliphatic rings. The minimum absolute atomic E-state index is 0.0261. The van der Waals surface area contributed by atoms with Crippen molar-refractivity contribution in [3.63, 3.8) is 0 Å². The van der Waals surface area contributed by atoms with Crippen LogP contribution in [0.4, 0.5) is 0 Å². The number of nitrogens with zero attached hydrogens (tertiary/aromatic N) is 3. The average molecular weight is 526 g/mol. The Morgan fingerprint density at radius 1 is 0.895 bits per heavy atom.